The summed E-state index contributed by atoms with van der Waals surface area (Å²) in [7, 11) is 0. The Morgan fingerprint density at radius 2 is 1.74 bits per heavy atom. The number of aromatic nitrogens is 1. The highest BCUT2D eigenvalue weighted by Crippen LogP contribution is 2.52. The van der Waals surface area contributed by atoms with Crippen molar-refractivity contribution in [3.63, 3.8) is 0 Å². The van der Waals surface area contributed by atoms with Crippen LogP contribution in [-0.4, -0.2) is 16.1 Å². The van der Waals surface area contributed by atoms with Gasteiger partial charge in [0.2, 0.25) is 0 Å². The molecule has 0 atom stereocenters. The highest BCUT2D eigenvalue weighted by molar-refractivity contribution is 5.89. The van der Waals surface area contributed by atoms with Gasteiger partial charge >= 0.3 is 12.1 Å². The minimum Gasteiger partial charge on any atom is -0.477 e. The summed E-state index contributed by atoms with van der Waals surface area (Å²) in [5.41, 5.74) is 0.746. The van der Waals surface area contributed by atoms with E-state index in [0.717, 1.165) is 37.3 Å². The molecule has 1 aromatic carbocycles. The van der Waals surface area contributed by atoms with Gasteiger partial charge in [-0.3, -0.25) is 0 Å². The van der Waals surface area contributed by atoms with Gasteiger partial charge in [-0.25, -0.2) is 14.2 Å². The molecule has 0 saturated heterocycles. The first-order chi connectivity index (χ1) is 12.8. The third-order valence-corrected chi connectivity index (χ3v) is 5.46. The van der Waals surface area contributed by atoms with Gasteiger partial charge in [0.1, 0.15) is 5.82 Å². The van der Waals surface area contributed by atoms with Crippen LogP contribution in [0.1, 0.15) is 64.7 Å². The SMILES string of the molecule is O=C(O)c1ncc(Nc2ccc(F)c(C(F)(F)F)c2)c2c1C1CCC2CC1. The maximum absolute atomic E-state index is 13.5. The van der Waals surface area contributed by atoms with E-state index in [0.29, 0.717) is 17.3 Å². The van der Waals surface area contributed by atoms with Gasteiger partial charge in [0, 0.05) is 5.69 Å². The second-order valence-electron chi connectivity index (χ2n) is 7.02. The molecule has 4 nitrogen and oxygen atoms in total. The standard InChI is InChI=1S/C19H16F4N2O2/c20-13-6-5-11(7-12(13)19(21,22)23)25-14-8-24-17(18(26)27)16-10-3-1-9(2-4-10)15(14)16/h5-10,25H,1-4H2,(H,26,27). The quantitative estimate of drug-likeness (QED) is 0.697. The van der Waals surface area contributed by atoms with Gasteiger partial charge in [0.15, 0.2) is 5.69 Å². The van der Waals surface area contributed by atoms with Crippen molar-refractivity contribution in [1.29, 1.82) is 0 Å². The Balaban J connectivity index is 1.79. The topological polar surface area (TPSA) is 62.2 Å². The van der Waals surface area contributed by atoms with Gasteiger partial charge in [-0.2, -0.15) is 13.2 Å². The van der Waals surface area contributed by atoms with Crippen LogP contribution >= 0.6 is 0 Å². The number of hydrogen-bond acceptors (Lipinski definition) is 3. The summed E-state index contributed by atoms with van der Waals surface area (Å²) >= 11 is 0. The van der Waals surface area contributed by atoms with Crippen LogP contribution in [0.5, 0.6) is 0 Å². The fourth-order valence-corrected chi connectivity index (χ4v) is 4.31. The van der Waals surface area contributed by atoms with Crippen molar-refractivity contribution >= 4 is 17.3 Å². The summed E-state index contributed by atoms with van der Waals surface area (Å²) in [5, 5.41) is 12.4. The lowest BCUT2D eigenvalue weighted by Crippen LogP contribution is -2.26. The number of fused-ring (bicyclic) bond motifs is 2. The zero-order chi connectivity index (χ0) is 19.3. The average Bonchev–Trinajstić information content (AvgIpc) is 2.63. The summed E-state index contributed by atoms with van der Waals surface area (Å²) < 4.78 is 52.4. The van der Waals surface area contributed by atoms with Crippen LogP contribution in [0.25, 0.3) is 0 Å². The molecule has 1 saturated carbocycles. The number of alkyl halides is 3. The van der Waals surface area contributed by atoms with Gasteiger partial charge < -0.3 is 10.4 Å². The molecule has 2 bridgehead atoms. The Bertz CT molecular complexity index is 919. The van der Waals surface area contributed by atoms with Crippen LogP contribution in [0, 0.1) is 5.82 Å². The lowest BCUT2D eigenvalue weighted by molar-refractivity contribution is -0.139. The Morgan fingerprint density at radius 3 is 2.33 bits per heavy atom. The number of nitrogens with zero attached hydrogens (tertiary/aromatic N) is 1. The van der Waals surface area contributed by atoms with Crippen LogP contribution in [0.15, 0.2) is 24.4 Å². The number of halogens is 4. The zero-order valence-electron chi connectivity index (χ0n) is 14.1. The van der Waals surface area contributed by atoms with Crippen molar-refractivity contribution in [2.24, 2.45) is 0 Å². The molecule has 1 fully saturated rings. The second-order valence-corrected chi connectivity index (χ2v) is 7.02. The van der Waals surface area contributed by atoms with Crippen LogP contribution in [0.2, 0.25) is 0 Å². The van der Waals surface area contributed by atoms with Crippen LogP contribution < -0.4 is 5.32 Å². The van der Waals surface area contributed by atoms with E-state index >= 15 is 0 Å². The molecule has 1 aromatic heterocycles. The summed E-state index contributed by atoms with van der Waals surface area (Å²) in [5.74, 6) is -2.19. The Morgan fingerprint density at radius 1 is 1.11 bits per heavy atom. The van der Waals surface area contributed by atoms with E-state index in [9.17, 15) is 27.5 Å². The molecule has 2 N–H and O–H groups in total. The number of pyridine rings is 1. The molecule has 3 aliphatic carbocycles. The van der Waals surface area contributed by atoms with E-state index < -0.39 is 23.5 Å². The Kier molecular flexibility index (Phi) is 4.09. The van der Waals surface area contributed by atoms with Crippen molar-refractivity contribution < 1.29 is 27.5 Å². The average molecular weight is 380 g/mol. The normalized spacial score (nSPS) is 21.0. The van der Waals surface area contributed by atoms with E-state index in [2.05, 4.69) is 10.3 Å². The van der Waals surface area contributed by atoms with Gasteiger partial charge in [0.25, 0.3) is 0 Å². The molecule has 1 heterocycles. The first-order valence-corrected chi connectivity index (χ1v) is 8.65. The summed E-state index contributed by atoms with van der Waals surface area (Å²) in [4.78, 5) is 15.6. The van der Waals surface area contributed by atoms with Crippen LogP contribution in [0.4, 0.5) is 28.9 Å². The molecule has 2 aromatic rings. The summed E-state index contributed by atoms with van der Waals surface area (Å²) in [6.45, 7) is 0. The number of anilines is 2. The van der Waals surface area contributed by atoms with Crippen molar-refractivity contribution in [2.75, 3.05) is 5.32 Å². The molecule has 142 valence electrons. The zero-order valence-corrected chi connectivity index (χ0v) is 14.1. The molecule has 27 heavy (non-hydrogen) atoms. The number of carboxylic acid groups (broad SMARTS) is 1. The van der Waals surface area contributed by atoms with E-state index in [1.807, 2.05) is 0 Å². The molecular weight excluding hydrogens is 364 g/mol. The first kappa shape index (κ1) is 17.8. The first-order valence-electron chi connectivity index (χ1n) is 8.65. The molecule has 0 amide bonds. The summed E-state index contributed by atoms with van der Waals surface area (Å²) in [6, 6.07) is 2.71. The van der Waals surface area contributed by atoms with E-state index in [-0.39, 0.29) is 23.2 Å². The Labute approximate surface area is 152 Å². The molecular formula is C19H16F4N2O2. The lowest BCUT2D eigenvalue weighted by Gasteiger charge is -2.39. The van der Waals surface area contributed by atoms with E-state index in [4.69, 9.17) is 0 Å². The van der Waals surface area contributed by atoms with Crippen molar-refractivity contribution in [3.8, 4) is 0 Å². The predicted octanol–water partition coefficient (Wildman–Crippen LogP) is 5.44. The Hall–Kier alpha value is -2.64. The number of aromatic carboxylic acids is 1. The third-order valence-electron chi connectivity index (χ3n) is 5.46. The highest BCUT2D eigenvalue weighted by Gasteiger charge is 2.39. The van der Waals surface area contributed by atoms with Gasteiger partial charge in [-0.15, -0.1) is 0 Å². The molecule has 8 heteroatoms. The molecule has 3 aliphatic rings. The van der Waals surface area contributed by atoms with Gasteiger partial charge in [-0.05, 0) is 66.8 Å². The molecule has 5 rings (SSSR count). The van der Waals surface area contributed by atoms with E-state index in [1.165, 1.54) is 12.3 Å². The van der Waals surface area contributed by atoms with Gasteiger partial charge in [0.05, 0.1) is 17.4 Å². The maximum Gasteiger partial charge on any atom is 0.419 e. The van der Waals surface area contributed by atoms with Crippen molar-refractivity contribution in [3.05, 3.63) is 52.6 Å². The van der Waals surface area contributed by atoms with Crippen LogP contribution in [0.3, 0.4) is 0 Å². The fraction of sp³-hybridized carbons (Fsp3) is 0.368. The minimum absolute atomic E-state index is 0.0139. The smallest absolute Gasteiger partial charge is 0.419 e. The molecule has 0 spiro atoms. The number of carboxylic acids is 1. The third kappa shape index (κ3) is 3.02. The number of nitrogens with one attached hydrogen (secondary N) is 1. The minimum atomic E-state index is -4.80. The predicted molar refractivity (Wildman–Crippen MR) is 89.8 cm³/mol. The number of hydrogen-bond donors (Lipinski definition) is 2. The largest absolute Gasteiger partial charge is 0.477 e. The van der Waals surface area contributed by atoms with Crippen LogP contribution in [-0.2, 0) is 6.18 Å². The molecule has 0 unspecified atom stereocenters. The lowest BCUT2D eigenvalue weighted by atomic mass is 9.66. The number of benzene rings is 1. The van der Waals surface area contributed by atoms with E-state index in [1.54, 1.807) is 0 Å². The molecule has 0 aliphatic heterocycles. The highest BCUT2D eigenvalue weighted by atomic mass is 19.4. The second kappa shape index (κ2) is 6.21. The summed E-state index contributed by atoms with van der Waals surface area (Å²) in [6.07, 6.45) is 0.139. The number of carbonyl (C=O) groups is 1. The fourth-order valence-electron chi connectivity index (χ4n) is 4.31. The van der Waals surface area contributed by atoms with Crippen molar-refractivity contribution in [1.82, 2.24) is 4.98 Å². The monoisotopic (exact) mass is 380 g/mol. The maximum atomic E-state index is 13.5. The molecule has 0 radical (unpaired) electrons. The number of rotatable bonds is 3. The van der Waals surface area contributed by atoms with Gasteiger partial charge in [-0.1, -0.05) is 0 Å². The van der Waals surface area contributed by atoms with Crippen molar-refractivity contribution in [2.45, 2.75) is 43.7 Å².